The monoisotopic (exact) mass is 343 g/mol. The topological polar surface area (TPSA) is 44.8 Å². The number of hydrogen-bond donors (Lipinski definition) is 1. The molecule has 0 radical (unpaired) electrons. The number of piperidine rings is 1. The Labute approximate surface area is 145 Å². The van der Waals surface area contributed by atoms with Gasteiger partial charge < -0.3 is 19.9 Å². The van der Waals surface area contributed by atoms with Crippen molar-refractivity contribution in [3.05, 3.63) is 0 Å². The van der Waals surface area contributed by atoms with Crippen LogP contribution >= 0.6 is 11.8 Å². The van der Waals surface area contributed by atoms with Crippen molar-refractivity contribution in [3.63, 3.8) is 0 Å². The number of carbonyl (C=O) groups is 1. The normalized spacial score (nSPS) is 21.4. The van der Waals surface area contributed by atoms with Crippen molar-refractivity contribution in [3.8, 4) is 0 Å². The van der Waals surface area contributed by atoms with Crippen molar-refractivity contribution in [1.82, 2.24) is 15.1 Å². The van der Waals surface area contributed by atoms with Crippen LogP contribution in [0.25, 0.3) is 0 Å². The molecule has 1 N–H and O–H groups in total. The van der Waals surface area contributed by atoms with E-state index in [4.69, 9.17) is 4.74 Å². The molecule has 6 heteroatoms. The lowest BCUT2D eigenvalue weighted by molar-refractivity contribution is 0.0184. The second-order valence-electron chi connectivity index (χ2n) is 7.57. The van der Waals surface area contributed by atoms with Crippen LogP contribution in [0.3, 0.4) is 0 Å². The summed E-state index contributed by atoms with van der Waals surface area (Å²) in [5.41, 5.74) is -0.400. The van der Waals surface area contributed by atoms with Gasteiger partial charge in [0.2, 0.25) is 0 Å². The largest absolute Gasteiger partial charge is 0.444 e. The summed E-state index contributed by atoms with van der Waals surface area (Å²) in [6.45, 7) is 13.2. The zero-order valence-electron chi connectivity index (χ0n) is 15.0. The number of rotatable bonds is 5. The van der Waals surface area contributed by atoms with Gasteiger partial charge in [0.05, 0.1) is 0 Å². The molecule has 23 heavy (non-hydrogen) atoms. The average molecular weight is 344 g/mol. The standard InChI is InChI=1S/C17H33N3O2S/c1-17(2,3)22-16(21)20-7-4-15(5-8-20)14-18-6-9-19-10-12-23-13-11-19/h15,18H,4-14H2,1-3H3. The van der Waals surface area contributed by atoms with Gasteiger partial charge in [-0.05, 0) is 46.1 Å². The Hall–Kier alpha value is -0.460. The fourth-order valence-corrected chi connectivity index (χ4v) is 3.99. The van der Waals surface area contributed by atoms with Crippen molar-refractivity contribution < 1.29 is 9.53 Å². The highest BCUT2D eigenvalue weighted by molar-refractivity contribution is 7.99. The van der Waals surface area contributed by atoms with Crippen molar-refractivity contribution in [2.45, 2.75) is 39.2 Å². The number of nitrogens with zero attached hydrogens (tertiary/aromatic N) is 2. The minimum atomic E-state index is -0.400. The second kappa shape index (κ2) is 9.14. The van der Waals surface area contributed by atoms with Gasteiger partial charge in [0.15, 0.2) is 0 Å². The van der Waals surface area contributed by atoms with E-state index < -0.39 is 5.60 Å². The lowest BCUT2D eigenvalue weighted by Crippen LogP contribution is -2.44. The molecule has 2 aliphatic rings. The molecule has 2 heterocycles. The van der Waals surface area contributed by atoms with Crippen molar-refractivity contribution in [1.29, 1.82) is 0 Å². The summed E-state index contributed by atoms with van der Waals surface area (Å²) in [6, 6.07) is 0. The maximum atomic E-state index is 12.0. The third-order valence-corrected chi connectivity index (χ3v) is 5.35. The van der Waals surface area contributed by atoms with Crippen LogP contribution in [-0.4, -0.2) is 78.8 Å². The van der Waals surface area contributed by atoms with E-state index in [1.165, 1.54) is 24.6 Å². The molecule has 0 aromatic carbocycles. The summed E-state index contributed by atoms with van der Waals surface area (Å²) in [5.74, 6) is 3.25. The van der Waals surface area contributed by atoms with Crippen LogP contribution in [0.15, 0.2) is 0 Å². The second-order valence-corrected chi connectivity index (χ2v) is 8.79. The number of hydrogen-bond acceptors (Lipinski definition) is 5. The van der Waals surface area contributed by atoms with E-state index in [1.54, 1.807) is 0 Å². The van der Waals surface area contributed by atoms with Crippen LogP contribution in [0.1, 0.15) is 33.6 Å². The van der Waals surface area contributed by atoms with Crippen molar-refractivity contribution >= 4 is 17.9 Å². The van der Waals surface area contributed by atoms with Gasteiger partial charge >= 0.3 is 6.09 Å². The average Bonchev–Trinajstić information content (AvgIpc) is 2.51. The van der Waals surface area contributed by atoms with Crippen LogP contribution in [-0.2, 0) is 4.74 Å². The van der Waals surface area contributed by atoms with Gasteiger partial charge in [-0.3, -0.25) is 0 Å². The zero-order chi connectivity index (χ0) is 16.7. The van der Waals surface area contributed by atoms with Gasteiger partial charge in [0, 0.05) is 50.8 Å². The molecule has 5 nitrogen and oxygen atoms in total. The smallest absolute Gasteiger partial charge is 0.410 e. The first-order chi connectivity index (χ1) is 10.9. The van der Waals surface area contributed by atoms with Crippen LogP contribution < -0.4 is 5.32 Å². The first kappa shape index (κ1) is 18.9. The Morgan fingerprint density at radius 1 is 1.17 bits per heavy atom. The van der Waals surface area contributed by atoms with Crippen LogP contribution in [0.2, 0.25) is 0 Å². The molecule has 2 fully saturated rings. The fourth-order valence-electron chi connectivity index (χ4n) is 3.01. The summed E-state index contributed by atoms with van der Waals surface area (Å²) < 4.78 is 5.44. The summed E-state index contributed by atoms with van der Waals surface area (Å²) in [7, 11) is 0. The number of carbonyl (C=O) groups excluding carboxylic acids is 1. The van der Waals surface area contributed by atoms with Gasteiger partial charge in [-0.2, -0.15) is 11.8 Å². The molecule has 0 aromatic rings. The molecule has 2 saturated heterocycles. The van der Waals surface area contributed by atoms with Crippen molar-refractivity contribution in [2.75, 3.05) is 57.3 Å². The van der Waals surface area contributed by atoms with Gasteiger partial charge in [-0.15, -0.1) is 0 Å². The number of likely N-dealkylation sites (tertiary alicyclic amines) is 1. The third-order valence-electron chi connectivity index (χ3n) is 4.41. The number of amides is 1. The molecular formula is C17H33N3O2S. The summed E-state index contributed by atoms with van der Waals surface area (Å²) in [5, 5.41) is 3.60. The lowest BCUT2D eigenvalue weighted by atomic mass is 9.97. The molecular weight excluding hydrogens is 310 g/mol. The van der Waals surface area contributed by atoms with Gasteiger partial charge in [0.25, 0.3) is 0 Å². The van der Waals surface area contributed by atoms with Crippen molar-refractivity contribution in [2.24, 2.45) is 5.92 Å². The third kappa shape index (κ3) is 7.31. The van der Waals surface area contributed by atoms with E-state index in [1.807, 2.05) is 25.7 Å². The Bertz CT molecular complexity index is 359. The Morgan fingerprint density at radius 2 is 1.83 bits per heavy atom. The molecule has 0 aliphatic carbocycles. The maximum Gasteiger partial charge on any atom is 0.410 e. The lowest BCUT2D eigenvalue weighted by Gasteiger charge is -2.33. The predicted octanol–water partition coefficient (Wildman–Crippen LogP) is 2.27. The molecule has 0 bridgehead atoms. The SMILES string of the molecule is CC(C)(C)OC(=O)N1CCC(CNCCN2CCSCC2)CC1. The van der Waals surface area contributed by atoms with Crippen LogP contribution in [0, 0.1) is 5.92 Å². The van der Waals surface area contributed by atoms with E-state index in [2.05, 4.69) is 22.0 Å². The van der Waals surface area contributed by atoms with E-state index >= 15 is 0 Å². The minimum absolute atomic E-state index is 0.160. The van der Waals surface area contributed by atoms with Gasteiger partial charge in [-0.25, -0.2) is 4.79 Å². The highest BCUT2D eigenvalue weighted by atomic mass is 32.2. The number of nitrogens with one attached hydrogen (secondary N) is 1. The highest BCUT2D eigenvalue weighted by Crippen LogP contribution is 2.19. The van der Waals surface area contributed by atoms with Gasteiger partial charge in [-0.1, -0.05) is 0 Å². The Balaban J connectivity index is 1.55. The molecule has 0 spiro atoms. The Kier molecular flexibility index (Phi) is 7.50. The zero-order valence-corrected chi connectivity index (χ0v) is 15.8. The highest BCUT2D eigenvalue weighted by Gasteiger charge is 2.26. The molecule has 0 atom stereocenters. The molecule has 0 aromatic heterocycles. The minimum Gasteiger partial charge on any atom is -0.444 e. The van der Waals surface area contributed by atoms with E-state index in [0.29, 0.717) is 5.92 Å². The number of ether oxygens (including phenoxy) is 1. The summed E-state index contributed by atoms with van der Waals surface area (Å²) >= 11 is 2.06. The molecule has 2 aliphatic heterocycles. The summed E-state index contributed by atoms with van der Waals surface area (Å²) in [6.07, 6.45) is 1.99. The summed E-state index contributed by atoms with van der Waals surface area (Å²) in [4.78, 5) is 16.4. The Morgan fingerprint density at radius 3 is 2.43 bits per heavy atom. The first-order valence-corrected chi connectivity index (χ1v) is 10.1. The fraction of sp³-hybridized carbons (Fsp3) is 0.941. The molecule has 0 saturated carbocycles. The molecule has 1 amide bonds. The van der Waals surface area contributed by atoms with Crippen LogP contribution in [0.5, 0.6) is 0 Å². The molecule has 134 valence electrons. The molecule has 0 unspecified atom stereocenters. The molecule has 2 rings (SSSR count). The quantitative estimate of drug-likeness (QED) is 0.776. The maximum absolute atomic E-state index is 12.0. The van der Waals surface area contributed by atoms with E-state index in [9.17, 15) is 4.79 Å². The van der Waals surface area contributed by atoms with Gasteiger partial charge in [0.1, 0.15) is 5.60 Å². The first-order valence-electron chi connectivity index (χ1n) is 8.93. The van der Waals surface area contributed by atoms with E-state index in [0.717, 1.165) is 45.6 Å². The predicted molar refractivity (Wildman–Crippen MR) is 97.2 cm³/mol. The van der Waals surface area contributed by atoms with Crippen LogP contribution in [0.4, 0.5) is 4.79 Å². The number of thioether (sulfide) groups is 1. The van der Waals surface area contributed by atoms with E-state index in [-0.39, 0.29) is 6.09 Å².